The van der Waals surface area contributed by atoms with Gasteiger partial charge in [0.15, 0.2) is 0 Å². The van der Waals surface area contributed by atoms with E-state index in [1.165, 1.54) is 12.1 Å². The molecule has 0 unspecified atom stereocenters. The second-order valence-corrected chi connectivity index (χ2v) is 4.60. The zero-order valence-corrected chi connectivity index (χ0v) is 11.9. The van der Waals surface area contributed by atoms with Crippen LogP contribution in [0.15, 0.2) is 42.6 Å². The molecule has 5 heteroatoms. The van der Waals surface area contributed by atoms with Gasteiger partial charge in [-0.25, -0.2) is 4.39 Å². The highest BCUT2D eigenvalue weighted by Crippen LogP contribution is 2.08. The normalized spacial score (nSPS) is 10.2. The van der Waals surface area contributed by atoms with E-state index in [0.717, 1.165) is 17.8 Å². The minimum atomic E-state index is -0.265. The van der Waals surface area contributed by atoms with Gasteiger partial charge < -0.3 is 10.6 Å². The molecule has 0 bridgehead atoms. The number of halogens is 1. The summed E-state index contributed by atoms with van der Waals surface area (Å²) >= 11 is 0. The first-order chi connectivity index (χ1) is 10.2. The van der Waals surface area contributed by atoms with Gasteiger partial charge in [0, 0.05) is 25.0 Å². The molecule has 110 valence electrons. The maximum absolute atomic E-state index is 13.0. The topological polar surface area (TPSA) is 54.0 Å². The van der Waals surface area contributed by atoms with Gasteiger partial charge >= 0.3 is 0 Å². The summed E-state index contributed by atoms with van der Waals surface area (Å²) in [6.45, 7) is 3.21. The lowest BCUT2D eigenvalue weighted by atomic mass is 10.1. The van der Waals surface area contributed by atoms with Gasteiger partial charge in [-0.3, -0.25) is 9.78 Å². The molecule has 0 saturated heterocycles. The summed E-state index contributed by atoms with van der Waals surface area (Å²) in [6, 6.07) is 9.88. The van der Waals surface area contributed by atoms with Crippen molar-refractivity contribution in [3.63, 3.8) is 0 Å². The Labute approximate surface area is 123 Å². The van der Waals surface area contributed by atoms with Crippen molar-refractivity contribution in [2.24, 2.45) is 0 Å². The van der Waals surface area contributed by atoms with Crippen LogP contribution in [0.25, 0.3) is 0 Å². The van der Waals surface area contributed by atoms with Gasteiger partial charge in [0.2, 0.25) is 0 Å². The molecule has 2 N–H and O–H groups in total. The van der Waals surface area contributed by atoms with Gasteiger partial charge in [-0.05, 0) is 43.2 Å². The van der Waals surface area contributed by atoms with Crippen LogP contribution in [0.4, 0.5) is 10.1 Å². The summed E-state index contributed by atoms with van der Waals surface area (Å²) in [5.41, 5.74) is 2.08. The minimum Gasteiger partial charge on any atom is -0.385 e. The number of benzene rings is 1. The van der Waals surface area contributed by atoms with Gasteiger partial charge in [-0.2, -0.15) is 0 Å². The predicted octanol–water partition coefficient (Wildman–Crippen LogP) is 2.63. The summed E-state index contributed by atoms with van der Waals surface area (Å²) in [4.78, 5) is 16.0. The summed E-state index contributed by atoms with van der Waals surface area (Å²) < 4.78 is 13.0. The molecule has 0 fully saturated rings. The van der Waals surface area contributed by atoms with Crippen LogP contribution >= 0.6 is 0 Å². The zero-order valence-electron chi connectivity index (χ0n) is 11.9. The number of aromatic nitrogens is 1. The molecule has 2 rings (SSSR count). The smallest absolute Gasteiger partial charge is 0.269 e. The molecule has 1 aromatic heterocycles. The van der Waals surface area contributed by atoms with Crippen LogP contribution in [0.5, 0.6) is 0 Å². The van der Waals surface area contributed by atoms with Crippen LogP contribution in [-0.2, 0) is 6.42 Å². The molecule has 2 aromatic rings. The molecule has 0 spiro atoms. The number of carbonyl (C=O) groups excluding carboxylic acids is 1. The maximum atomic E-state index is 13.0. The lowest BCUT2D eigenvalue weighted by Crippen LogP contribution is -2.26. The molecule has 4 nitrogen and oxygen atoms in total. The van der Waals surface area contributed by atoms with E-state index in [0.29, 0.717) is 18.7 Å². The Morgan fingerprint density at radius 3 is 2.90 bits per heavy atom. The number of hydrogen-bond acceptors (Lipinski definition) is 3. The van der Waals surface area contributed by atoms with E-state index >= 15 is 0 Å². The molecule has 1 aromatic carbocycles. The third kappa shape index (κ3) is 4.56. The molecular formula is C16H18FN3O. The Balaban J connectivity index is 1.88. The van der Waals surface area contributed by atoms with E-state index in [-0.39, 0.29) is 11.7 Å². The molecule has 1 amide bonds. The number of rotatable bonds is 6. The first kappa shape index (κ1) is 15.0. The number of nitrogens with one attached hydrogen (secondary N) is 2. The van der Waals surface area contributed by atoms with Gasteiger partial charge in [-0.15, -0.1) is 0 Å². The number of hydrogen-bond donors (Lipinski definition) is 2. The molecule has 0 saturated carbocycles. The van der Waals surface area contributed by atoms with Crippen molar-refractivity contribution in [2.45, 2.75) is 13.3 Å². The van der Waals surface area contributed by atoms with E-state index in [2.05, 4.69) is 15.6 Å². The lowest BCUT2D eigenvalue weighted by Gasteiger charge is -2.07. The Morgan fingerprint density at radius 1 is 1.29 bits per heavy atom. The van der Waals surface area contributed by atoms with Crippen molar-refractivity contribution >= 4 is 11.6 Å². The first-order valence-electron chi connectivity index (χ1n) is 6.91. The van der Waals surface area contributed by atoms with Crippen molar-refractivity contribution in [2.75, 3.05) is 18.4 Å². The summed E-state index contributed by atoms with van der Waals surface area (Å²) in [5.74, 6) is -0.495. The van der Waals surface area contributed by atoms with Crippen LogP contribution in [0, 0.1) is 5.82 Å². The molecule has 1 heterocycles. The Morgan fingerprint density at radius 2 is 2.14 bits per heavy atom. The van der Waals surface area contributed by atoms with Gasteiger partial charge in [0.25, 0.3) is 5.91 Å². The van der Waals surface area contributed by atoms with Crippen molar-refractivity contribution in [1.29, 1.82) is 0 Å². The fourth-order valence-corrected chi connectivity index (χ4v) is 1.97. The third-order valence-electron chi connectivity index (χ3n) is 2.96. The van der Waals surface area contributed by atoms with Crippen LogP contribution in [0.2, 0.25) is 0 Å². The third-order valence-corrected chi connectivity index (χ3v) is 2.96. The Bertz CT molecular complexity index is 616. The number of carbonyl (C=O) groups is 1. The molecule has 0 aliphatic rings. The number of pyridine rings is 1. The summed E-state index contributed by atoms with van der Waals surface area (Å²) in [5, 5.41) is 5.91. The highest BCUT2D eigenvalue weighted by Gasteiger charge is 2.07. The van der Waals surface area contributed by atoms with E-state index < -0.39 is 0 Å². The number of amides is 1. The minimum absolute atomic E-state index is 0.230. The molecule has 0 radical (unpaired) electrons. The predicted molar refractivity (Wildman–Crippen MR) is 80.8 cm³/mol. The van der Waals surface area contributed by atoms with Crippen LogP contribution < -0.4 is 10.6 Å². The molecule has 0 atom stereocenters. The second kappa shape index (κ2) is 7.38. The highest BCUT2D eigenvalue weighted by molar-refractivity contribution is 5.93. The monoisotopic (exact) mass is 287 g/mol. The van der Waals surface area contributed by atoms with Gasteiger partial charge in [-0.1, -0.05) is 12.1 Å². The average molecular weight is 287 g/mol. The van der Waals surface area contributed by atoms with Crippen molar-refractivity contribution in [3.8, 4) is 0 Å². The molecular weight excluding hydrogens is 269 g/mol. The van der Waals surface area contributed by atoms with Crippen LogP contribution in [0.1, 0.15) is 23.0 Å². The standard InChI is InChI=1S/C16H18FN3O/c1-2-18-14-7-9-19-15(11-14)16(21)20-8-6-12-4-3-5-13(17)10-12/h3-5,7,9-11H,2,6,8H2,1H3,(H,18,19)(H,20,21). The molecule has 0 aliphatic heterocycles. The van der Waals surface area contributed by atoms with Crippen molar-refractivity contribution < 1.29 is 9.18 Å². The summed E-state index contributed by atoms with van der Waals surface area (Å²) in [7, 11) is 0. The van der Waals surface area contributed by atoms with Crippen molar-refractivity contribution in [3.05, 3.63) is 59.7 Å². The van der Waals surface area contributed by atoms with Gasteiger partial charge in [0.05, 0.1) is 0 Å². The molecule has 0 aliphatic carbocycles. The van der Waals surface area contributed by atoms with E-state index in [4.69, 9.17) is 0 Å². The first-order valence-corrected chi connectivity index (χ1v) is 6.91. The van der Waals surface area contributed by atoms with Crippen molar-refractivity contribution in [1.82, 2.24) is 10.3 Å². The summed E-state index contributed by atoms with van der Waals surface area (Å²) in [6.07, 6.45) is 2.18. The Kier molecular flexibility index (Phi) is 5.26. The second-order valence-electron chi connectivity index (χ2n) is 4.60. The fraction of sp³-hybridized carbons (Fsp3) is 0.250. The maximum Gasteiger partial charge on any atom is 0.269 e. The van der Waals surface area contributed by atoms with Crippen LogP contribution in [0.3, 0.4) is 0 Å². The fourth-order valence-electron chi connectivity index (χ4n) is 1.97. The number of nitrogens with zero attached hydrogens (tertiary/aromatic N) is 1. The van der Waals surface area contributed by atoms with Crippen LogP contribution in [-0.4, -0.2) is 24.0 Å². The zero-order chi connectivity index (χ0) is 15.1. The molecule has 21 heavy (non-hydrogen) atoms. The number of anilines is 1. The lowest BCUT2D eigenvalue weighted by molar-refractivity contribution is 0.0949. The van der Waals surface area contributed by atoms with E-state index in [1.54, 1.807) is 18.3 Å². The average Bonchev–Trinajstić information content (AvgIpc) is 2.48. The quantitative estimate of drug-likeness (QED) is 0.858. The Hall–Kier alpha value is -2.43. The van der Waals surface area contributed by atoms with Gasteiger partial charge in [0.1, 0.15) is 11.5 Å². The SMILES string of the molecule is CCNc1ccnc(C(=O)NCCc2cccc(F)c2)c1. The van der Waals surface area contributed by atoms with E-state index in [9.17, 15) is 9.18 Å². The largest absolute Gasteiger partial charge is 0.385 e. The van der Waals surface area contributed by atoms with E-state index in [1.807, 2.05) is 19.1 Å². The highest BCUT2D eigenvalue weighted by atomic mass is 19.1.